The molecule has 116 valence electrons. The largest absolute Gasteiger partial charge is 0.469 e. The molecule has 21 heavy (non-hydrogen) atoms. The van der Waals surface area contributed by atoms with Crippen LogP contribution in [0.4, 0.5) is 0 Å². The minimum Gasteiger partial charge on any atom is -0.469 e. The van der Waals surface area contributed by atoms with Crippen LogP contribution in [0.5, 0.6) is 0 Å². The lowest BCUT2D eigenvalue weighted by molar-refractivity contribution is -0.154. The number of carbonyl (C=O) groups excluding carboxylic acids is 1. The predicted molar refractivity (Wildman–Crippen MR) is 82.5 cm³/mol. The van der Waals surface area contributed by atoms with Gasteiger partial charge in [0.1, 0.15) is 0 Å². The lowest BCUT2D eigenvalue weighted by atomic mass is 9.66. The van der Waals surface area contributed by atoms with Crippen molar-refractivity contribution >= 4 is 5.97 Å². The minimum absolute atomic E-state index is 0.0000288. The smallest absolute Gasteiger partial charge is 0.310 e. The average molecular weight is 289 g/mol. The lowest BCUT2D eigenvalue weighted by Gasteiger charge is -2.46. The summed E-state index contributed by atoms with van der Waals surface area (Å²) in [5.41, 5.74) is 0. The Kier molecular flexibility index (Phi) is 4.26. The summed E-state index contributed by atoms with van der Waals surface area (Å²) in [4.78, 5) is 14.8. The summed E-state index contributed by atoms with van der Waals surface area (Å²) >= 11 is 0. The molecule has 2 saturated heterocycles. The molecule has 0 amide bonds. The van der Waals surface area contributed by atoms with Crippen LogP contribution in [0.1, 0.15) is 44.9 Å². The van der Waals surface area contributed by atoms with Crippen molar-refractivity contribution in [1.82, 2.24) is 4.90 Å². The van der Waals surface area contributed by atoms with Gasteiger partial charge in [-0.15, -0.1) is 12.3 Å². The van der Waals surface area contributed by atoms with Crippen LogP contribution in [-0.4, -0.2) is 37.1 Å². The third kappa shape index (κ3) is 2.59. The standard InChI is InChI=1S/C18H27NO2/c1-4-12-6-5-7-13(10-12)15-11-14-8-9-16(19(14)2)17(15)18(20)21-3/h1,12-17H,5-11H2,2-3H3/t12?,13?,14-,15-,16?,17?/m1/s1. The Morgan fingerprint density at radius 1 is 1.24 bits per heavy atom. The summed E-state index contributed by atoms with van der Waals surface area (Å²) in [5.74, 6) is 4.51. The van der Waals surface area contributed by atoms with Crippen LogP contribution in [0.15, 0.2) is 0 Å². The molecule has 0 spiro atoms. The zero-order valence-electron chi connectivity index (χ0n) is 13.3. The van der Waals surface area contributed by atoms with E-state index in [1.165, 1.54) is 26.4 Å². The molecular weight excluding hydrogens is 262 g/mol. The highest BCUT2D eigenvalue weighted by Gasteiger charge is 2.51. The normalized spacial score (nSPS) is 43.3. The van der Waals surface area contributed by atoms with Crippen molar-refractivity contribution in [3.63, 3.8) is 0 Å². The SMILES string of the molecule is C#CC1CCCC([C@H]2C[C@H]3CCC(C2C(=O)OC)N3C)C1. The number of nitrogens with zero attached hydrogens (tertiary/aromatic N) is 1. The van der Waals surface area contributed by atoms with Crippen LogP contribution in [0.25, 0.3) is 0 Å². The zero-order chi connectivity index (χ0) is 15.0. The second kappa shape index (κ2) is 6.01. The average Bonchev–Trinajstić information content (AvgIpc) is 2.76. The molecule has 0 radical (unpaired) electrons. The van der Waals surface area contributed by atoms with Gasteiger partial charge in [0, 0.05) is 18.0 Å². The first-order valence-corrected chi connectivity index (χ1v) is 8.41. The molecule has 2 aliphatic heterocycles. The summed E-state index contributed by atoms with van der Waals surface area (Å²) in [6.07, 6.45) is 13.9. The first kappa shape index (κ1) is 14.9. The van der Waals surface area contributed by atoms with E-state index in [-0.39, 0.29) is 11.9 Å². The maximum absolute atomic E-state index is 12.4. The van der Waals surface area contributed by atoms with Crippen molar-refractivity contribution in [2.45, 2.75) is 57.0 Å². The first-order valence-electron chi connectivity index (χ1n) is 8.41. The molecule has 1 aliphatic carbocycles. The van der Waals surface area contributed by atoms with E-state index in [0.29, 0.717) is 29.8 Å². The Bertz CT molecular complexity index is 441. The molecule has 0 N–H and O–H groups in total. The number of hydrogen-bond acceptors (Lipinski definition) is 3. The molecule has 3 heteroatoms. The van der Waals surface area contributed by atoms with Gasteiger partial charge in [0.25, 0.3) is 0 Å². The first-order chi connectivity index (χ1) is 10.2. The topological polar surface area (TPSA) is 29.5 Å². The predicted octanol–water partition coefficient (Wildman–Crippen LogP) is 2.70. The summed E-state index contributed by atoms with van der Waals surface area (Å²) in [5, 5.41) is 0. The highest BCUT2D eigenvalue weighted by molar-refractivity contribution is 5.74. The molecular formula is C18H27NO2. The van der Waals surface area contributed by atoms with Gasteiger partial charge in [-0.1, -0.05) is 12.8 Å². The minimum atomic E-state index is 0.0000288. The Hall–Kier alpha value is -1.01. The van der Waals surface area contributed by atoms with E-state index in [4.69, 9.17) is 11.2 Å². The van der Waals surface area contributed by atoms with Crippen LogP contribution < -0.4 is 0 Å². The fourth-order valence-electron chi connectivity index (χ4n) is 5.23. The molecule has 2 heterocycles. The van der Waals surface area contributed by atoms with E-state index in [1.807, 2.05) is 0 Å². The maximum Gasteiger partial charge on any atom is 0.310 e. The van der Waals surface area contributed by atoms with Crippen LogP contribution in [-0.2, 0) is 9.53 Å². The Balaban J connectivity index is 1.82. The van der Waals surface area contributed by atoms with Crippen LogP contribution in [0.3, 0.4) is 0 Å². The van der Waals surface area contributed by atoms with Gasteiger partial charge < -0.3 is 4.74 Å². The van der Waals surface area contributed by atoms with Gasteiger partial charge in [-0.3, -0.25) is 9.69 Å². The molecule has 0 aromatic heterocycles. The molecule has 4 unspecified atom stereocenters. The number of rotatable bonds is 2. The van der Waals surface area contributed by atoms with E-state index < -0.39 is 0 Å². The molecule has 0 aromatic rings. The number of ether oxygens (including phenoxy) is 1. The quantitative estimate of drug-likeness (QED) is 0.578. The maximum atomic E-state index is 12.4. The highest BCUT2D eigenvalue weighted by Crippen LogP contribution is 2.48. The summed E-state index contributed by atoms with van der Waals surface area (Å²) in [6.45, 7) is 0. The van der Waals surface area contributed by atoms with Gasteiger partial charge in [0.2, 0.25) is 0 Å². The van der Waals surface area contributed by atoms with Crippen molar-refractivity contribution in [2.24, 2.45) is 23.7 Å². The van der Waals surface area contributed by atoms with E-state index in [9.17, 15) is 4.79 Å². The Morgan fingerprint density at radius 3 is 2.76 bits per heavy atom. The number of fused-ring (bicyclic) bond motifs is 2. The van der Waals surface area contributed by atoms with Crippen molar-refractivity contribution in [3.05, 3.63) is 0 Å². The van der Waals surface area contributed by atoms with Crippen molar-refractivity contribution < 1.29 is 9.53 Å². The summed E-state index contributed by atoms with van der Waals surface area (Å²) in [6, 6.07) is 1.04. The molecule has 1 saturated carbocycles. The Morgan fingerprint density at radius 2 is 2.05 bits per heavy atom. The number of carbonyl (C=O) groups is 1. The van der Waals surface area contributed by atoms with Gasteiger partial charge in [0.05, 0.1) is 13.0 Å². The fourth-order valence-corrected chi connectivity index (χ4v) is 5.23. The molecule has 6 atom stereocenters. The van der Waals surface area contributed by atoms with Crippen LogP contribution in [0.2, 0.25) is 0 Å². The second-order valence-electron chi connectivity index (χ2n) is 7.20. The molecule has 3 fully saturated rings. The third-order valence-corrected chi connectivity index (χ3v) is 6.34. The molecule has 3 rings (SSSR count). The number of esters is 1. The van der Waals surface area contributed by atoms with Gasteiger partial charge in [-0.2, -0.15) is 0 Å². The molecule has 0 aromatic carbocycles. The van der Waals surface area contributed by atoms with Gasteiger partial charge in [-0.05, 0) is 51.0 Å². The van der Waals surface area contributed by atoms with Crippen molar-refractivity contribution in [1.29, 1.82) is 0 Å². The highest BCUT2D eigenvalue weighted by atomic mass is 16.5. The number of terminal acetylenes is 1. The molecule has 2 bridgehead atoms. The third-order valence-electron chi connectivity index (χ3n) is 6.34. The summed E-state index contributed by atoms with van der Waals surface area (Å²) < 4.78 is 5.16. The lowest BCUT2D eigenvalue weighted by Crippen LogP contribution is -2.52. The summed E-state index contributed by atoms with van der Waals surface area (Å²) in [7, 11) is 3.71. The van der Waals surface area contributed by atoms with Gasteiger partial charge in [-0.25, -0.2) is 0 Å². The van der Waals surface area contributed by atoms with Crippen LogP contribution >= 0.6 is 0 Å². The molecule has 3 aliphatic rings. The number of piperidine rings is 1. The van der Waals surface area contributed by atoms with Crippen molar-refractivity contribution in [2.75, 3.05) is 14.2 Å². The monoisotopic (exact) mass is 289 g/mol. The number of methoxy groups -OCH3 is 1. The van der Waals surface area contributed by atoms with E-state index in [1.54, 1.807) is 0 Å². The van der Waals surface area contributed by atoms with Crippen LogP contribution in [0, 0.1) is 36.0 Å². The van der Waals surface area contributed by atoms with Gasteiger partial charge >= 0.3 is 5.97 Å². The van der Waals surface area contributed by atoms with Crippen molar-refractivity contribution in [3.8, 4) is 12.3 Å². The zero-order valence-corrected chi connectivity index (χ0v) is 13.3. The Labute approximate surface area is 128 Å². The van der Waals surface area contributed by atoms with E-state index in [0.717, 1.165) is 25.7 Å². The number of hydrogen-bond donors (Lipinski definition) is 0. The van der Waals surface area contributed by atoms with E-state index >= 15 is 0 Å². The second-order valence-corrected chi connectivity index (χ2v) is 7.20. The van der Waals surface area contributed by atoms with E-state index in [2.05, 4.69) is 17.9 Å². The van der Waals surface area contributed by atoms with Gasteiger partial charge in [0.15, 0.2) is 0 Å². The molecule has 3 nitrogen and oxygen atoms in total. The fraction of sp³-hybridized carbons (Fsp3) is 0.833.